The number of methoxy groups -OCH3 is 2. The number of nitrogens with two attached hydrogens (primary N) is 1. The Balaban J connectivity index is 2.70. The van der Waals surface area contributed by atoms with Gasteiger partial charge in [-0.2, -0.15) is 0 Å². The predicted molar refractivity (Wildman–Crippen MR) is 73.7 cm³/mol. The average molecular weight is 270 g/mol. The van der Waals surface area contributed by atoms with Crippen LogP contribution in [0, 0.1) is 0 Å². The lowest BCUT2D eigenvalue weighted by Crippen LogP contribution is -2.21. The molecule has 1 aliphatic rings. The van der Waals surface area contributed by atoms with Crippen molar-refractivity contribution in [3.63, 3.8) is 0 Å². The number of rotatable bonds is 4. The standard InChI is InChI=1S/C14H20ClNO2/c1-8(2)9-7-10(17-3)13(18-4)11(12(9)15)14(16)5-6-14/h7-8H,5-6,16H2,1-4H3. The monoisotopic (exact) mass is 269 g/mol. The summed E-state index contributed by atoms with van der Waals surface area (Å²) in [5.74, 6) is 1.70. The highest BCUT2D eigenvalue weighted by atomic mass is 35.5. The Kier molecular flexibility index (Phi) is 3.47. The van der Waals surface area contributed by atoms with Crippen LogP contribution in [0.2, 0.25) is 5.02 Å². The maximum Gasteiger partial charge on any atom is 0.167 e. The molecule has 0 aromatic heterocycles. The molecule has 0 saturated heterocycles. The van der Waals surface area contributed by atoms with Gasteiger partial charge < -0.3 is 15.2 Å². The summed E-state index contributed by atoms with van der Waals surface area (Å²) < 4.78 is 10.9. The van der Waals surface area contributed by atoms with E-state index in [4.69, 9.17) is 26.8 Å². The molecule has 2 rings (SSSR count). The summed E-state index contributed by atoms with van der Waals surface area (Å²) in [5, 5.41) is 0.725. The van der Waals surface area contributed by atoms with Crippen molar-refractivity contribution in [1.29, 1.82) is 0 Å². The number of ether oxygens (including phenoxy) is 2. The SMILES string of the molecule is COc1cc(C(C)C)c(Cl)c(C2(N)CC2)c1OC. The van der Waals surface area contributed by atoms with Gasteiger partial charge in [0.2, 0.25) is 0 Å². The molecule has 1 saturated carbocycles. The maximum atomic E-state index is 6.53. The van der Waals surface area contributed by atoms with E-state index in [0.29, 0.717) is 17.4 Å². The summed E-state index contributed by atoms with van der Waals surface area (Å²) in [6.07, 6.45) is 1.88. The largest absolute Gasteiger partial charge is 0.493 e. The zero-order valence-electron chi connectivity index (χ0n) is 11.3. The van der Waals surface area contributed by atoms with Crippen LogP contribution in [0.25, 0.3) is 0 Å². The van der Waals surface area contributed by atoms with E-state index in [0.717, 1.165) is 29.0 Å². The summed E-state index contributed by atoms with van der Waals surface area (Å²) in [5.41, 5.74) is 7.93. The van der Waals surface area contributed by atoms with E-state index in [2.05, 4.69) is 13.8 Å². The van der Waals surface area contributed by atoms with Crippen molar-refractivity contribution in [1.82, 2.24) is 0 Å². The Labute approximate surface area is 113 Å². The zero-order chi connectivity index (χ0) is 13.5. The van der Waals surface area contributed by atoms with Gasteiger partial charge in [-0.3, -0.25) is 0 Å². The average Bonchev–Trinajstić information content (AvgIpc) is 3.06. The quantitative estimate of drug-likeness (QED) is 0.911. The van der Waals surface area contributed by atoms with E-state index in [1.54, 1.807) is 14.2 Å². The molecule has 1 aliphatic carbocycles. The molecule has 0 bridgehead atoms. The first-order valence-electron chi connectivity index (χ1n) is 6.18. The first-order chi connectivity index (χ1) is 8.44. The summed E-state index contributed by atoms with van der Waals surface area (Å²) in [6, 6.07) is 1.95. The highest BCUT2D eigenvalue weighted by molar-refractivity contribution is 6.32. The smallest absolute Gasteiger partial charge is 0.167 e. The fraction of sp³-hybridized carbons (Fsp3) is 0.571. The van der Waals surface area contributed by atoms with Gasteiger partial charge in [0, 0.05) is 11.1 Å². The van der Waals surface area contributed by atoms with Crippen molar-refractivity contribution in [2.45, 2.75) is 38.1 Å². The molecule has 1 aromatic carbocycles. The minimum atomic E-state index is -0.347. The molecule has 0 heterocycles. The Morgan fingerprint density at radius 1 is 1.28 bits per heavy atom. The lowest BCUT2D eigenvalue weighted by Gasteiger charge is -2.22. The van der Waals surface area contributed by atoms with Gasteiger partial charge in [-0.05, 0) is 30.4 Å². The minimum absolute atomic E-state index is 0.318. The van der Waals surface area contributed by atoms with Crippen molar-refractivity contribution >= 4 is 11.6 Å². The highest BCUT2D eigenvalue weighted by Crippen LogP contribution is 2.53. The maximum absolute atomic E-state index is 6.53. The minimum Gasteiger partial charge on any atom is -0.493 e. The lowest BCUT2D eigenvalue weighted by atomic mass is 9.95. The van der Waals surface area contributed by atoms with Gasteiger partial charge in [-0.25, -0.2) is 0 Å². The predicted octanol–water partition coefficient (Wildman–Crippen LogP) is 3.43. The summed E-state index contributed by atoms with van der Waals surface area (Å²) >= 11 is 6.53. The second-order valence-electron chi connectivity index (χ2n) is 5.20. The lowest BCUT2D eigenvalue weighted by molar-refractivity contribution is 0.348. The molecule has 0 aliphatic heterocycles. The van der Waals surface area contributed by atoms with Gasteiger partial charge >= 0.3 is 0 Å². The van der Waals surface area contributed by atoms with Gasteiger partial charge in [0.05, 0.1) is 19.2 Å². The van der Waals surface area contributed by atoms with Crippen LogP contribution in [0.4, 0.5) is 0 Å². The van der Waals surface area contributed by atoms with Crippen LogP contribution in [0.1, 0.15) is 43.7 Å². The number of benzene rings is 1. The molecule has 1 fully saturated rings. The second kappa shape index (κ2) is 4.63. The van der Waals surface area contributed by atoms with Crippen LogP contribution in [0.5, 0.6) is 11.5 Å². The third-order valence-electron chi connectivity index (χ3n) is 3.54. The molecule has 1 aromatic rings. The molecular formula is C14H20ClNO2. The Morgan fingerprint density at radius 2 is 1.89 bits per heavy atom. The normalized spacial score (nSPS) is 16.8. The molecule has 4 heteroatoms. The van der Waals surface area contributed by atoms with Gasteiger partial charge in [-0.15, -0.1) is 0 Å². The van der Waals surface area contributed by atoms with Crippen molar-refractivity contribution in [2.24, 2.45) is 5.73 Å². The fourth-order valence-corrected chi connectivity index (χ4v) is 2.79. The van der Waals surface area contributed by atoms with Crippen molar-refractivity contribution in [3.05, 3.63) is 22.2 Å². The van der Waals surface area contributed by atoms with E-state index < -0.39 is 0 Å². The van der Waals surface area contributed by atoms with Crippen molar-refractivity contribution in [2.75, 3.05) is 14.2 Å². The first-order valence-corrected chi connectivity index (χ1v) is 6.56. The Bertz CT molecular complexity index is 467. The number of hydrogen-bond acceptors (Lipinski definition) is 3. The Hall–Kier alpha value is -0.930. The molecule has 0 amide bonds. The summed E-state index contributed by atoms with van der Waals surface area (Å²) in [6.45, 7) is 4.21. The van der Waals surface area contributed by atoms with Crippen LogP contribution < -0.4 is 15.2 Å². The van der Waals surface area contributed by atoms with Gasteiger partial charge in [-0.1, -0.05) is 25.4 Å². The molecule has 0 spiro atoms. The van der Waals surface area contributed by atoms with Gasteiger partial charge in [0.15, 0.2) is 11.5 Å². The molecule has 100 valence electrons. The molecule has 0 radical (unpaired) electrons. The molecular weight excluding hydrogens is 250 g/mol. The van der Waals surface area contributed by atoms with E-state index >= 15 is 0 Å². The van der Waals surface area contributed by atoms with E-state index in [-0.39, 0.29) is 5.54 Å². The van der Waals surface area contributed by atoms with Crippen molar-refractivity contribution < 1.29 is 9.47 Å². The number of halogens is 1. The van der Waals surface area contributed by atoms with E-state index in [1.165, 1.54) is 0 Å². The third kappa shape index (κ3) is 2.06. The second-order valence-corrected chi connectivity index (χ2v) is 5.58. The number of hydrogen-bond donors (Lipinski definition) is 1. The molecule has 3 nitrogen and oxygen atoms in total. The van der Waals surface area contributed by atoms with Gasteiger partial charge in [0.25, 0.3) is 0 Å². The third-order valence-corrected chi connectivity index (χ3v) is 3.95. The topological polar surface area (TPSA) is 44.5 Å². The van der Waals surface area contributed by atoms with Crippen LogP contribution in [-0.4, -0.2) is 14.2 Å². The Morgan fingerprint density at radius 3 is 2.28 bits per heavy atom. The fourth-order valence-electron chi connectivity index (χ4n) is 2.24. The zero-order valence-corrected chi connectivity index (χ0v) is 12.1. The summed E-state index contributed by atoms with van der Waals surface area (Å²) in [7, 11) is 3.26. The highest BCUT2D eigenvalue weighted by Gasteiger charge is 2.45. The van der Waals surface area contributed by atoms with Crippen LogP contribution in [0.3, 0.4) is 0 Å². The van der Waals surface area contributed by atoms with Gasteiger partial charge in [0.1, 0.15) is 0 Å². The first kappa shape index (κ1) is 13.5. The molecule has 2 N–H and O–H groups in total. The van der Waals surface area contributed by atoms with E-state index in [9.17, 15) is 0 Å². The van der Waals surface area contributed by atoms with Crippen LogP contribution >= 0.6 is 11.6 Å². The molecule has 0 atom stereocenters. The molecule has 18 heavy (non-hydrogen) atoms. The van der Waals surface area contributed by atoms with Crippen LogP contribution in [0.15, 0.2) is 6.07 Å². The molecule has 0 unspecified atom stereocenters. The van der Waals surface area contributed by atoms with Crippen molar-refractivity contribution in [3.8, 4) is 11.5 Å². The van der Waals surface area contributed by atoms with Crippen LogP contribution in [-0.2, 0) is 5.54 Å². The summed E-state index contributed by atoms with van der Waals surface area (Å²) in [4.78, 5) is 0. The van der Waals surface area contributed by atoms with E-state index in [1.807, 2.05) is 6.07 Å².